The summed E-state index contributed by atoms with van der Waals surface area (Å²) in [5.74, 6) is 0. The minimum absolute atomic E-state index is 1.16. The Morgan fingerprint density at radius 1 is 1.21 bits per heavy atom. The van der Waals surface area contributed by atoms with Crippen LogP contribution in [0.25, 0.3) is 0 Å². The minimum atomic E-state index is 1.16. The standard InChI is InChI=1S/C14H20/c1-5-11(2)6-8-14-9-7-12(3)13(4)10-14/h5,7,9-10H,6,8H2,1-4H3. The molecule has 1 rings (SSSR count). The van der Waals surface area contributed by atoms with Crippen molar-refractivity contribution in [3.8, 4) is 0 Å². The van der Waals surface area contributed by atoms with Gasteiger partial charge in [-0.3, -0.25) is 0 Å². The molecule has 0 aliphatic carbocycles. The molecule has 0 spiro atoms. The highest BCUT2D eigenvalue weighted by atomic mass is 14.0. The zero-order valence-corrected chi connectivity index (χ0v) is 9.72. The van der Waals surface area contributed by atoms with Crippen LogP contribution in [0.4, 0.5) is 0 Å². The number of rotatable bonds is 3. The topological polar surface area (TPSA) is 0 Å². The van der Waals surface area contributed by atoms with Gasteiger partial charge in [-0.05, 0) is 57.2 Å². The summed E-state index contributed by atoms with van der Waals surface area (Å²) < 4.78 is 0. The Bertz CT molecular complexity index is 332. The number of hydrogen-bond acceptors (Lipinski definition) is 0. The van der Waals surface area contributed by atoms with Crippen molar-refractivity contribution in [3.05, 3.63) is 46.5 Å². The van der Waals surface area contributed by atoms with Gasteiger partial charge in [0, 0.05) is 0 Å². The largest absolute Gasteiger partial charge is 0.0887 e. The van der Waals surface area contributed by atoms with Gasteiger partial charge in [0.1, 0.15) is 0 Å². The first kappa shape index (κ1) is 11.0. The zero-order valence-electron chi connectivity index (χ0n) is 9.72. The molecule has 0 nitrogen and oxygen atoms in total. The lowest BCUT2D eigenvalue weighted by molar-refractivity contribution is 0.935. The SMILES string of the molecule is CC=C(C)CCc1ccc(C)c(C)c1. The van der Waals surface area contributed by atoms with Gasteiger partial charge in [-0.2, -0.15) is 0 Å². The summed E-state index contributed by atoms with van der Waals surface area (Å²) in [4.78, 5) is 0. The van der Waals surface area contributed by atoms with Gasteiger partial charge in [-0.1, -0.05) is 29.8 Å². The van der Waals surface area contributed by atoms with Crippen molar-refractivity contribution < 1.29 is 0 Å². The lowest BCUT2D eigenvalue weighted by Gasteiger charge is -2.05. The second-order valence-electron chi connectivity index (χ2n) is 4.05. The molecule has 0 unspecified atom stereocenters. The quantitative estimate of drug-likeness (QED) is 0.623. The third kappa shape index (κ3) is 3.02. The Balaban J connectivity index is 2.64. The fourth-order valence-corrected chi connectivity index (χ4v) is 1.44. The van der Waals surface area contributed by atoms with E-state index in [1.165, 1.54) is 28.7 Å². The molecule has 0 aliphatic rings. The van der Waals surface area contributed by atoms with Gasteiger partial charge in [0.05, 0.1) is 0 Å². The third-order valence-corrected chi connectivity index (χ3v) is 2.87. The van der Waals surface area contributed by atoms with E-state index in [2.05, 4.69) is 52.0 Å². The van der Waals surface area contributed by atoms with Crippen LogP contribution in [-0.4, -0.2) is 0 Å². The van der Waals surface area contributed by atoms with Crippen LogP contribution in [0.3, 0.4) is 0 Å². The summed E-state index contributed by atoms with van der Waals surface area (Å²) in [6.07, 6.45) is 4.54. The van der Waals surface area contributed by atoms with Gasteiger partial charge < -0.3 is 0 Å². The summed E-state index contributed by atoms with van der Waals surface area (Å²) in [6.45, 7) is 8.65. The van der Waals surface area contributed by atoms with E-state index in [1.807, 2.05) is 0 Å². The van der Waals surface area contributed by atoms with Crippen molar-refractivity contribution in [3.63, 3.8) is 0 Å². The number of benzene rings is 1. The Morgan fingerprint density at radius 3 is 2.50 bits per heavy atom. The van der Waals surface area contributed by atoms with E-state index < -0.39 is 0 Å². The van der Waals surface area contributed by atoms with E-state index in [-0.39, 0.29) is 0 Å². The predicted molar refractivity (Wildman–Crippen MR) is 63.7 cm³/mol. The normalized spacial score (nSPS) is 11.9. The lowest BCUT2D eigenvalue weighted by Crippen LogP contribution is -1.89. The molecule has 0 radical (unpaired) electrons. The highest BCUT2D eigenvalue weighted by Gasteiger charge is 1.96. The third-order valence-electron chi connectivity index (χ3n) is 2.87. The molecule has 0 fully saturated rings. The molecule has 0 heterocycles. The fraction of sp³-hybridized carbons (Fsp3) is 0.429. The van der Waals surface area contributed by atoms with Crippen molar-refractivity contribution in [1.29, 1.82) is 0 Å². The van der Waals surface area contributed by atoms with E-state index in [1.54, 1.807) is 0 Å². The van der Waals surface area contributed by atoms with Crippen LogP contribution in [-0.2, 0) is 6.42 Å². The van der Waals surface area contributed by atoms with Crippen LogP contribution in [0.15, 0.2) is 29.8 Å². The Labute approximate surface area is 87.7 Å². The van der Waals surface area contributed by atoms with Crippen LogP contribution in [0.5, 0.6) is 0 Å². The van der Waals surface area contributed by atoms with Gasteiger partial charge in [0.15, 0.2) is 0 Å². The Kier molecular flexibility index (Phi) is 3.94. The predicted octanol–water partition coefficient (Wildman–Crippen LogP) is 4.20. The minimum Gasteiger partial charge on any atom is -0.0887 e. The highest BCUT2D eigenvalue weighted by Crippen LogP contribution is 2.13. The van der Waals surface area contributed by atoms with E-state index in [4.69, 9.17) is 0 Å². The number of aryl methyl sites for hydroxylation is 3. The molecular formula is C14H20. The summed E-state index contributed by atoms with van der Waals surface area (Å²) in [5.41, 5.74) is 5.72. The first-order valence-electron chi connectivity index (χ1n) is 5.31. The molecule has 76 valence electrons. The van der Waals surface area contributed by atoms with Gasteiger partial charge in [0.2, 0.25) is 0 Å². The molecule has 14 heavy (non-hydrogen) atoms. The maximum absolute atomic E-state index is 2.30. The number of allylic oxidation sites excluding steroid dienone is 2. The van der Waals surface area contributed by atoms with Crippen LogP contribution in [0.2, 0.25) is 0 Å². The van der Waals surface area contributed by atoms with Crippen molar-refractivity contribution in [1.82, 2.24) is 0 Å². The average molecular weight is 188 g/mol. The summed E-state index contributed by atoms with van der Waals surface area (Å²) >= 11 is 0. The van der Waals surface area contributed by atoms with Crippen LogP contribution >= 0.6 is 0 Å². The molecule has 1 aromatic carbocycles. The smallest absolute Gasteiger partial charge is 0.0241 e. The average Bonchev–Trinajstić information content (AvgIpc) is 2.19. The van der Waals surface area contributed by atoms with Gasteiger partial charge in [-0.25, -0.2) is 0 Å². The van der Waals surface area contributed by atoms with Crippen molar-refractivity contribution in [2.45, 2.75) is 40.5 Å². The second-order valence-corrected chi connectivity index (χ2v) is 4.05. The Hall–Kier alpha value is -1.04. The molecule has 0 bridgehead atoms. The summed E-state index contributed by atoms with van der Waals surface area (Å²) in [5, 5.41) is 0. The monoisotopic (exact) mass is 188 g/mol. The highest BCUT2D eigenvalue weighted by molar-refractivity contribution is 5.30. The lowest BCUT2D eigenvalue weighted by atomic mass is 10.0. The van der Waals surface area contributed by atoms with E-state index in [0.717, 1.165) is 6.42 Å². The molecular weight excluding hydrogens is 168 g/mol. The summed E-state index contributed by atoms with van der Waals surface area (Å²) in [6, 6.07) is 6.76. The van der Waals surface area contributed by atoms with E-state index in [0.29, 0.717) is 0 Å². The Morgan fingerprint density at radius 2 is 1.93 bits per heavy atom. The van der Waals surface area contributed by atoms with Crippen LogP contribution in [0.1, 0.15) is 37.0 Å². The first-order chi connectivity index (χ1) is 6.63. The summed E-state index contributed by atoms with van der Waals surface area (Å²) in [7, 11) is 0. The zero-order chi connectivity index (χ0) is 10.6. The van der Waals surface area contributed by atoms with Crippen molar-refractivity contribution >= 4 is 0 Å². The number of hydrogen-bond donors (Lipinski definition) is 0. The molecule has 1 aromatic rings. The molecule has 0 saturated carbocycles. The molecule has 0 heteroatoms. The van der Waals surface area contributed by atoms with Gasteiger partial charge in [-0.15, -0.1) is 0 Å². The van der Waals surface area contributed by atoms with Gasteiger partial charge in [0.25, 0.3) is 0 Å². The van der Waals surface area contributed by atoms with E-state index in [9.17, 15) is 0 Å². The molecule has 0 atom stereocenters. The van der Waals surface area contributed by atoms with Gasteiger partial charge >= 0.3 is 0 Å². The van der Waals surface area contributed by atoms with Crippen molar-refractivity contribution in [2.75, 3.05) is 0 Å². The molecule has 0 saturated heterocycles. The van der Waals surface area contributed by atoms with Crippen molar-refractivity contribution in [2.24, 2.45) is 0 Å². The van der Waals surface area contributed by atoms with Crippen LogP contribution in [0, 0.1) is 13.8 Å². The molecule has 0 N–H and O–H groups in total. The molecule has 0 aliphatic heterocycles. The molecule has 0 aromatic heterocycles. The first-order valence-corrected chi connectivity index (χ1v) is 5.31. The van der Waals surface area contributed by atoms with Crippen LogP contribution < -0.4 is 0 Å². The maximum atomic E-state index is 2.30. The second kappa shape index (κ2) is 4.99. The maximum Gasteiger partial charge on any atom is -0.0241 e. The fourth-order valence-electron chi connectivity index (χ4n) is 1.44. The molecule has 0 amide bonds. The van der Waals surface area contributed by atoms with E-state index >= 15 is 0 Å².